The number of methoxy groups -OCH3 is 1. The van der Waals surface area contributed by atoms with E-state index in [0.29, 0.717) is 11.6 Å². The number of nitrogens with one attached hydrogen (secondary N) is 1. The van der Waals surface area contributed by atoms with Gasteiger partial charge in [-0.15, -0.1) is 0 Å². The molecular formula is C26H29ClN2O5S. The van der Waals surface area contributed by atoms with Crippen molar-refractivity contribution in [3.8, 4) is 5.75 Å². The lowest BCUT2D eigenvalue weighted by Crippen LogP contribution is -2.38. The molecule has 1 aliphatic heterocycles. The number of sulfone groups is 1. The van der Waals surface area contributed by atoms with E-state index in [9.17, 15) is 13.2 Å². The Balaban J connectivity index is 1.49. The zero-order chi connectivity index (χ0) is 24.8. The van der Waals surface area contributed by atoms with Crippen molar-refractivity contribution in [3.63, 3.8) is 0 Å². The zero-order valence-corrected chi connectivity index (χ0v) is 21.1. The highest BCUT2D eigenvalue weighted by atomic mass is 35.5. The second-order valence-corrected chi connectivity index (χ2v) is 10.8. The van der Waals surface area contributed by atoms with Crippen molar-refractivity contribution < 1.29 is 22.4 Å². The van der Waals surface area contributed by atoms with E-state index < -0.39 is 15.7 Å². The first-order valence-corrected chi connectivity index (χ1v) is 13.5. The lowest BCUT2D eigenvalue weighted by Gasteiger charge is -2.31. The normalized spacial score (nSPS) is 15.8. The Morgan fingerprint density at radius 1 is 1.00 bits per heavy atom. The smallest absolute Gasteiger partial charge is 0.287 e. The SMILES string of the molecule is COc1ccc(C(CNC(=O)c2ccc(S(=O)(=O)c3ccc(Cl)cc3)o2)N2CCCCCC2)cc1. The highest BCUT2D eigenvalue weighted by Gasteiger charge is 2.26. The van der Waals surface area contributed by atoms with E-state index in [-0.39, 0.29) is 21.8 Å². The maximum Gasteiger partial charge on any atom is 0.287 e. The molecule has 35 heavy (non-hydrogen) atoms. The van der Waals surface area contributed by atoms with E-state index in [1.165, 1.54) is 49.2 Å². The second-order valence-electron chi connectivity index (χ2n) is 8.53. The molecular weight excluding hydrogens is 488 g/mol. The van der Waals surface area contributed by atoms with E-state index in [2.05, 4.69) is 10.2 Å². The van der Waals surface area contributed by atoms with Crippen molar-refractivity contribution >= 4 is 27.3 Å². The minimum absolute atomic E-state index is 0.0183. The Hall–Kier alpha value is -2.81. The van der Waals surface area contributed by atoms with Gasteiger partial charge in [-0.05, 0) is 80.0 Å². The number of ether oxygens (including phenoxy) is 1. The number of hydrogen-bond donors (Lipinski definition) is 1. The number of amides is 1. The van der Waals surface area contributed by atoms with Gasteiger partial charge in [0.2, 0.25) is 14.9 Å². The van der Waals surface area contributed by atoms with E-state index in [0.717, 1.165) is 37.2 Å². The summed E-state index contributed by atoms with van der Waals surface area (Å²) in [5.74, 6) is 0.259. The number of halogens is 1. The van der Waals surface area contributed by atoms with Gasteiger partial charge in [-0.1, -0.05) is 36.6 Å². The topological polar surface area (TPSA) is 88.8 Å². The number of furan rings is 1. The number of carbonyl (C=O) groups excluding carboxylic acids is 1. The third-order valence-corrected chi connectivity index (χ3v) is 8.13. The van der Waals surface area contributed by atoms with Crippen molar-refractivity contribution in [2.24, 2.45) is 0 Å². The highest BCUT2D eigenvalue weighted by Crippen LogP contribution is 2.27. The lowest BCUT2D eigenvalue weighted by molar-refractivity contribution is 0.0900. The maximum absolute atomic E-state index is 12.9. The van der Waals surface area contributed by atoms with Crippen molar-refractivity contribution in [2.75, 3.05) is 26.7 Å². The van der Waals surface area contributed by atoms with Gasteiger partial charge in [0.25, 0.3) is 5.91 Å². The van der Waals surface area contributed by atoms with Crippen LogP contribution in [-0.2, 0) is 9.84 Å². The molecule has 9 heteroatoms. The average molecular weight is 517 g/mol. The van der Waals surface area contributed by atoms with Gasteiger partial charge in [-0.25, -0.2) is 8.42 Å². The molecule has 2 heterocycles. The van der Waals surface area contributed by atoms with Crippen molar-refractivity contribution in [3.05, 3.63) is 77.0 Å². The fraction of sp³-hybridized carbons (Fsp3) is 0.346. The molecule has 0 radical (unpaired) electrons. The van der Waals surface area contributed by atoms with Crippen LogP contribution in [0.3, 0.4) is 0 Å². The van der Waals surface area contributed by atoms with Crippen LogP contribution in [0.15, 0.2) is 75.1 Å². The molecule has 1 N–H and O–H groups in total. The molecule has 0 bridgehead atoms. The summed E-state index contributed by atoms with van der Waals surface area (Å²) in [5, 5.41) is 3.08. The number of hydrogen-bond acceptors (Lipinski definition) is 6. The molecule has 2 aromatic carbocycles. The Kier molecular flexibility index (Phi) is 8.15. The summed E-state index contributed by atoms with van der Waals surface area (Å²) in [6.45, 7) is 2.28. The molecule has 1 aliphatic rings. The third-order valence-electron chi connectivity index (χ3n) is 6.23. The van der Waals surface area contributed by atoms with Crippen LogP contribution in [0, 0.1) is 0 Å². The van der Waals surface area contributed by atoms with Crippen LogP contribution >= 0.6 is 11.6 Å². The molecule has 0 saturated carbocycles. The van der Waals surface area contributed by atoms with Gasteiger partial charge in [0.05, 0.1) is 18.0 Å². The number of nitrogens with zero attached hydrogens (tertiary/aromatic N) is 1. The Morgan fingerprint density at radius 2 is 1.66 bits per heavy atom. The quantitative estimate of drug-likeness (QED) is 0.447. The first-order chi connectivity index (χ1) is 16.9. The Labute approximate surface area is 210 Å². The summed E-state index contributed by atoms with van der Waals surface area (Å²) >= 11 is 5.86. The molecule has 3 aromatic rings. The Morgan fingerprint density at radius 3 is 2.29 bits per heavy atom. The van der Waals surface area contributed by atoms with Gasteiger partial charge in [-0.2, -0.15) is 0 Å². The van der Waals surface area contributed by atoms with Crippen LogP contribution in [0.4, 0.5) is 0 Å². The summed E-state index contributed by atoms with van der Waals surface area (Å²) in [5.41, 5.74) is 1.08. The number of benzene rings is 2. The summed E-state index contributed by atoms with van der Waals surface area (Å²) in [6.07, 6.45) is 4.64. The molecule has 1 fully saturated rings. The van der Waals surface area contributed by atoms with Crippen LogP contribution in [0.2, 0.25) is 5.02 Å². The minimum Gasteiger partial charge on any atom is -0.497 e. The highest BCUT2D eigenvalue weighted by molar-refractivity contribution is 7.91. The first-order valence-electron chi connectivity index (χ1n) is 11.6. The van der Waals surface area contributed by atoms with Gasteiger partial charge >= 0.3 is 0 Å². The second kappa shape index (κ2) is 11.3. The van der Waals surface area contributed by atoms with Gasteiger partial charge in [0.1, 0.15) is 5.75 Å². The number of likely N-dealkylation sites (tertiary alicyclic amines) is 1. The van der Waals surface area contributed by atoms with Crippen molar-refractivity contribution in [1.82, 2.24) is 10.2 Å². The van der Waals surface area contributed by atoms with Crippen molar-refractivity contribution in [1.29, 1.82) is 0 Å². The monoisotopic (exact) mass is 516 g/mol. The molecule has 1 atom stereocenters. The van der Waals surface area contributed by atoms with Crippen LogP contribution < -0.4 is 10.1 Å². The van der Waals surface area contributed by atoms with Crippen LogP contribution in [-0.4, -0.2) is 46.0 Å². The third kappa shape index (κ3) is 6.07. The average Bonchev–Trinajstić information content (AvgIpc) is 3.23. The molecule has 1 amide bonds. The fourth-order valence-electron chi connectivity index (χ4n) is 4.28. The summed E-state index contributed by atoms with van der Waals surface area (Å²) < 4.78 is 36.4. The maximum atomic E-state index is 12.9. The summed E-state index contributed by atoms with van der Waals surface area (Å²) in [7, 11) is -2.26. The molecule has 4 rings (SSSR count). The molecule has 1 unspecified atom stereocenters. The van der Waals surface area contributed by atoms with Gasteiger partial charge in [-0.3, -0.25) is 9.69 Å². The Bertz CT molecular complexity index is 1230. The zero-order valence-electron chi connectivity index (χ0n) is 19.6. The molecule has 1 aromatic heterocycles. The molecule has 1 saturated heterocycles. The van der Waals surface area contributed by atoms with Gasteiger partial charge in [0.15, 0.2) is 5.76 Å². The van der Waals surface area contributed by atoms with E-state index in [4.69, 9.17) is 20.8 Å². The van der Waals surface area contributed by atoms with Crippen LogP contribution in [0.1, 0.15) is 47.8 Å². The summed E-state index contributed by atoms with van der Waals surface area (Å²) in [6, 6.07) is 16.3. The number of carbonyl (C=O) groups is 1. The molecule has 7 nitrogen and oxygen atoms in total. The first kappa shape index (κ1) is 25.3. The minimum atomic E-state index is -3.90. The summed E-state index contributed by atoms with van der Waals surface area (Å²) in [4.78, 5) is 15.3. The van der Waals surface area contributed by atoms with E-state index in [1.807, 2.05) is 24.3 Å². The molecule has 186 valence electrons. The predicted molar refractivity (Wildman–Crippen MR) is 134 cm³/mol. The van der Waals surface area contributed by atoms with E-state index in [1.54, 1.807) is 7.11 Å². The van der Waals surface area contributed by atoms with Gasteiger partial charge in [0, 0.05) is 11.6 Å². The molecule has 0 aliphatic carbocycles. The standard InChI is InChI=1S/C26H29ClN2O5S/c1-33-21-10-6-19(7-11-21)23(29-16-4-2-3-5-17-29)18-28-26(30)24-14-15-25(34-24)35(31,32)22-12-8-20(27)9-13-22/h6-15,23H,2-5,16-18H2,1H3,(H,28,30). The van der Waals surface area contributed by atoms with Crippen LogP contribution in [0.5, 0.6) is 5.75 Å². The van der Waals surface area contributed by atoms with Crippen molar-refractivity contribution in [2.45, 2.75) is 41.7 Å². The number of rotatable bonds is 8. The van der Waals surface area contributed by atoms with Gasteiger partial charge < -0.3 is 14.5 Å². The van der Waals surface area contributed by atoms with Crippen LogP contribution in [0.25, 0.3) is 0 Å². The largest absolute Gasteiger partial charge is 0.497 e. The fourth-order valence-corrected chi connectivity index (χ4v) is 5.58. The predicted octanol–water partition coefficient (Wildman–Crippen LogP) is 5.12. The molecule has 0 spiro atoms. The van der Waals surface area contributed by atoms with E-state index >= 15 is 0 Å². The lowest BCUT2D eigenvalue weighted by atomic mass is 10.0.